The number of nitrogens with one attached hydrogen (secondary N) is 1. The van der Waals surface area contributed by atoms with Crippen molar-refractivity contribution in [2.45, 2.75) is 32.9 Å². The van der Waals surface area contributed by atoms with Crippen LogP contribution >= 0.6 is 0 Å². The second-order valence-electron chi connectivity index (χ2n) is 6.63. The van der Waals surface area contributed by atoms with Gasteiger partial charge in [0.15, 0.2) is 0 Å². The molecule has 0 amide bonds. The van der Waals surface area contributed by atoms with Gasteiger partial charge in [-0.1, -0.05) is 18.6 Å². The lowest BCUT2D eigenvalue weighted by Gasteiger charge is -2.35. The first-order valence-corrected chi connectivity index (χ1v) is 9.85. The molecule has 1 aromatic carbocycles. The molecule has 5 nitrogen and oxygen atoms in total. The summed E-state index contributed by atoms with van der Waals surface area (Å²) in [5.74, 6) is 1.20. The summed E-state index contributed by atoms with van der Waals surface area (Å²) in [7, 11) is -3.08. The average molecular weight is 336 g/mol. The first kappa shape index (κ1) is 16.5. The fourth-order valence-corrected chi connectivity index (χ4v) is 4.19. The highest BCUT2D eigenvalue weighted by molar-refractivity contribution is 7.88. The Morgan fingerprint density at radius 3 is 2.83 bits per heavy atom. The van der Waals surface area contributed by atoms with E-state index in [-0.39, 0.29) is 5.92 Å². The van der Waals surface area contributed by atoms with Gasteiger partial charge < -0.3 is 9.73 Å². The van der Waals surface area contributed by atoms with Gasteiger partial charge in [-0.15, -0.1) is 0 Å². The zero-order valence-electron chi connectivity index (χ0n) is 13.9. The Morgan fingerprint density at radius 2 is 2.13 bits per heavy atom. The maximum absolute atomic E-state index is 11.6. The van der Waals surface area contributed by atoms with Crippen LogP contribution in [-0.2, 0) is 16.6 Å². The predicted octanol–water partition coefficient (Wildman–Crippen LogP) is 2.50. The summed E-state index contributed by atoms with van der Waals surface area (Å²) in [4.78, 5) is 0. The molecule has 0 unspecified atom stereocenters. The van der Waals surface area contributed by atoms with Gasteiger partial charge in [0.25, 0.3) is 0 Å². The van der Waals surface area contributed by atoms with E-state index in [4.69, 9.17) is 4.42 Å². The molecule has 6 heteroatoms. The molecule has 3 rings (SSSR count). The van der Waals surface area contributed by atoms with E-state index in [9.17, 15) is 8.42 Å². The Morgan fingerprint density at radius 1 is 1.35 bits per heavy atom. The van der Waals surface area contributed by atoms with Crippen molar-refractivity contribution in [3.05, 3.63) is 35.6 Å². The molecular formula is C17H24N2O3S. The number of rotatable bonds is 4. The van der Waals surface area contributed by atoms with Crippen LogP contribution in [0.3, 0.4) is 0 Å². The lowest BCUT2D eigenvalue weighted by atomic mass is 9.95. The number of sulfonamides is 1. The summed E-state index contributed by atoms with van der Waals surface area (Å²) >= 11 is 0. The van der Waals surface area contributed by atoms with Crippen LogP contribution in [0.15, 0.2) is 28.7 Å². The smallest absolute Gasteiger partial charge is 0.211 e. The maximum Gasteiger partial charge on any atom is 0.211 e. The number of fused-ring (bicyclic) bond motifs is 1. The van der Waals surface area contributed by atoms with Crippen molar-refractivity contribution in [1.82, 2.24) is 9.62 Å². The molecule has 1 saturated heterocycles. The van der Waals surface area contributed by atoms with Crippen molar-refractivity contribution in [1.29, 1.82) is 0 Å². The van der Waals surface area contributed by atoms with E-state index >= 15 is 0 Å². The SMILES string of the molecule is Cc1ccc2oc(CN[C@@H]3CCN(S(C)(=O)=O)C[C@H]3C)cc2c1. The minimum Gasteiger partial charge on any atom is -0.460 e. The van der Waals surface area contributed by atoms with Crippen molar-refractivity contribution in [3.8, 4) is 0 Å². The van der Waals surface area contributed by atoms with Gasteiger partial charge in [-0.25, -0.2) is 12.7 Å². The molecule has 2 aromatic rings. The normalized spacial score (nSPS) is 23.4. The zero-order valence-corrected chi connectivity index (χ0v) is 14.7. The fourth-order valence-electron chi connectivity index (χ4n) is 3.25. The van der Waals surface area contributed by atoms with Crippen LogP contribution in [0.25, 0.3) is 11.0 Å². The average Bonchev–Trinajstić information content (AvgIpc) is 2.86. The van der Waals surface area contributed by atoms with Crippen molar-refractivity contribution < 1.29 is 12.8 Å². The summed E-state index contributed by atoms with van der Waals surface area (Å²) in [6.45, 7) is 6.00. The molecule has 1 fully saturated rings. The number of benzene rings is 1. The second kappa shape index (κ2) is 6.26. The van der Waals surface area contributed by atoms with E-state index < -0.39 is 10.0 Å². The summed E-state index contributed by atoms with van der Waals surface area (Å²) < 4.78 is 30.7. The maximum atomic E-state index is 11.6. The van der Waals surface area contributed by atoms with Crippen molar-refractivity contribution in [3.63, 3.8) is 0 Å². The highest BCUT2D eigenvalue weighted by Crippen LogP contribution is 2.22. The molecule has 1 aromatic heterocycles. The molecule has 1 aliphatic heterocycles. The third kappa shape index (κ3) is 3.76. The number of furan rings is 1. The number of hydrogen-bond acceptors (Lipinski definition) is 4. The topological polar surface area (TPSA) is 62.6 Å². The van der Waals surface area contributed by atoms with E-state index in [1.807, 2.05) is 12.1 Å². The van der Waals surface area contributed by atoms with Crippen molar-refractivity contribution in [2.75, 3.05) is 19.3 Å². The van der Waals surface area contributed by atoms with Gasteiger partial charge in [-0.3, -0.25) is 0 Å². The lowest BCUT2D eigenvalue weighted by Crippen LogP contribution is -2.49. The third-order valence-corrected chi connectivity index (χ3v) is 5.87. The molecular weight excluding hydrogens is 312 g/mol. The van der Waals surface area contributed by atoms with Crippen LogP contribution in [0.5, 0.6) is 0 Å². The van der Waals surface area contributed by atoms with Gasteiger partial charge in [0, 0.05) is 24.5 Å². The molecule has 1 aliphatic rings. The van der Waals surface area contributed by atoms with Gasteiger partial charge in [-0.05, 0) is 37.5 Å². The predicted molar refractivity (Wildman–Crippen MR) is 91.8 cm³/mol. The van der Waals surface area contributed by atoms with Gasteiger partial charge in [0.2, 0.25) is 10.0 Å². The molecule has 1 N–H and O–H groups in total. The highest BCUT2D eigenvalue weighted by atomic mass is 32.2. The molecule has 2 atom stereocenters. The molecule has 126 valence electrons. The Kier molecular flexibility index (Phi) is 4.49. The summed E-state index contributed by atoms with van der Waals surface area (Å²) in [5, 5.41) is 4.65. The molecule has 0 saturated carbocycles. The highest BCUT2D eigenvalue weighted by Gasteiger charge is 2.30. The van der Waals surface area contributed by atoms with Gasteiger partial charge in [0.05, 0.1) is 12.8 Å². The van der Waals surface area contributed by atoms with Crippen LogP contribution in [0.4, 0.5) is 0 Å². The molecule has 2 heterocycles. The monoisotopic (exact) mass is 336 g/mol. The standard InChI is InChI=1S/C17H24N2O3S/c1-12-4-5-17-14(8-12)9-15(22-17)10-18-16-6-7-19(11-13(16)2)23(3,20)21/h4-5,8-9,13,16,18H,6-7,10-11H2,1-3H3/t13-,16-/m1/s1. The van der Waals surface area contributed by atoms with Gasteiger partial charge in [-0.2, -0.15) is 0 Å². The summed E-state index contributed by atoms with van der Waals surface area (Å²) in [6, 6.07) is 8.55. The van der Waals surface area contributed by atoms with Crippen molar-refractivity contribution in [2.24, 2.45) is 5.92 Å². The van der Waals surface area contributed by atoms with E-state index in [0.29, 0.717) is 25.7 Å². The molecule has 23 heavy (non-hydrogen) atoms. The van der Waals surface area contributed by atoms with E-state index in [2.05, 4.69) is 31.3 Å². The third-order valence-electron chi connectivity index (χ3n) is 4.60. The van der Waals surface area contributed by atoms with Crippen LogP contribution in [0.1, 0.15) is 24.7 Å². The number of aryl methyl sites for hydroxylation is 1. The first-order chi connectivity index (χ1) is 10.8. The Hall–Kier alpha value is -1.37. The van der Waals surface area contributed by atoms with Gasteiger partial charge >= 0.3 is 0 Å². The van der Waals surface area contributed by atoms with Crippen LogP contribution in [0.2, 0.25) is 0 Å². The van der Waals surface area contributed by atoms with Crippen LogP contribution < -0.4 is 5.32 Å². The molecule has 0 spiro atoms. The number of piperidine rings is 1. The number of hydrogen-bond donors (Lipinski definition) is 1. The quantitative estimate of drug-likeness (QED) is 0.932. The van der Waals surface area contributed by atoms with E-state index in [0.717, 1.165) is 23.2 Å². The molecule has 0 bridgehead atoms. The van der Waals surface area contributed by atoms with Crippen LogP contribution in [-0.4, -0.2) is 38.1 Å². The minimum absolute atomic E-state index is 0.282. The molecule has 0 radical (unpaired) electrons. The first-order valence-electron chi connectivity index (χ1n) is 8.00. The van der Waals surface area contributed by atoms with Gasteiger partial charge in [0.1, 0.15) is 11.3 Å². The van der Waals surface area contributed by atoms with Crippen LogP contribution in [0, 0.1) is 12.8 Å². The Labute approximate surface area is 137 Å². The largest absolute Gasteiger partial charge is 0.460 e. The summed E-state index contributed by atoms with van der Waals surface area (Å²) in [6.07, 6.45) is 2.11. The minimum atomic E-state index is -3.08. The van der Waals surface area contributed by atoms with E-state index in [1.54, 1.807) is 4.31 Å². The Bertz CT molecular complexity index is 797. The lowest BCUT2D eigenvalue weighted by molar-refractivity contribution is 0.217. The number of nitrogens with zero attached hydrogens (tertiary/aromatic N) is 1. The zero-order chi connectivity index (χ0) is 16.6. The molecule has 0 aliphatic carbocycles. The van der Waals surface area contributed by atoms with E-state index in [1.165, 1.54) is 11.8 Å². The van der Waals surface area contributed by atoms with Crippen molar-refractivity contribution >= 4 is 21.0 Å². The fraction of sp³-hybridized carbons (Fsp3) is 0.529. The Balaban J connectivity index is 1.61. The second-order valence-corrected chi connectivity index (χ2v) is 8.61. The summed E-state index contributed by atoms with van der Waals surface area (Å²) in [5.41, 5.74) is 2.13.